The highest BCUT2D eigenvalue weighted by Gasteiger charge is 2.19. The summed E-state index contributed by atoms with van der Waals surface area (Å²) in [4.78, 5) is 12.7. The van der Waals surface area contributed by atoms with Crippen LogP contribution in [0.4, 0.5) is 0 Å². The first-order chi connectivity index (χ1) is 12.7. The number of esters is 1. The monoisotopic (exact) mass is 426 g/mol. The standard InChI is InChI=1S/C20H20Cl2O4S/c1-4-18(20(23)26-5-2)19(14-10-15(21)12-16(22)11-14)13-6-8-17(9-7-13)27(3,24)25/h6-12H,4-5H2,1-3H3/b19-18-. The average Bonchev–Trinajstić information content (AvgIpc) is 2.58. The van der Waals surface area contributed by atoms with E-state index in [1.165, 1.54) is 12.1 Å². The van der Waals surface area contributed by atoms with Crippen molar-refractivity contribution in [1.29, 1.82) is 0 Å². The van der Waals surface area contributed by atoms with Crippen LogP contribution in [0.5, 0.6) is 0 Å². The summed E-state index contributed by atoms with van der Waals surface area (Å²) in [7, 11) is -3.32. The van der Waals surface area contributed by atoms with Gasteiger partial charge in [0.2, 0.25) is 0 Å². The number of rotatable bonds is 6. The largest absolute Gasteiger partial charge is 0.463 e. The van der Waals surface area contributed by atoms with Crippen LogP contribution in [0.1, 0.15) is 31.4 Å². The smallest absolute Gasteiger partial charge is 0.334 e. The molecule has 0 saturated carbocycles. The number of carbonyl (C=O) groups excluding carboxylic acids is 1. The summed E-state index contributed by atoms with van der Waals surface area (Å²) in [5.74, 6) is -0.432. The number of carbonyl (C=O) groups is 1. The van der Waals surface area contributed by atoms with E-state index in [1.54, 1.807) is 37.3 Å². The summed E-state index contributed by atoms with van der Waals surface area (Å²) in [6.45, 7) is 3.84. The number of ether oxygens (including phenoxy) is 1. The molecule has 2 rings (SSSR count). The van der Waals surface area contributed by atoms with Crippen molar-refractivity contribution in [1.82, 2.24) is 0 Å². The molecule has 0 radical (unpaired) electrons. The molecule has 0 aliphatic rings. The molecule has 0 aromatic heterocycles. The summed E-state index contributed by atoms with van der Waals surface area (Å²) in [6, 6.07) is 11.4. The number of halogens is 2. The van der Waals surface area contributed by atoms with Crippen LogP contribution in [-0.2, 0) is 19.4 Å². The molecule has 2 aromatic carbocycles. The van der Waals surface area contributed by atoms with E-state index in [-0.39, 0.29) is 11.5 Å². The zero-order valence-electron chi connectivity index (χ0n) is 15.3. The van der Waals surface area contributed by atoms with Gasteiger partial charge in [-0.1, -0.05) is 42.3 Å². The van der Waals surface area contributed by atoms with Crippen molar-refractivity contribution in [2.75, 3.05) is 12.9 Å². The first-order valence-electron chi connectivity index (χ1n) is 8.34. The van der Waals surface area contributed by atoms with E-state index in [0.717, 1.165) is 6.26 Å². The van der Waals surface area contributed by atoms with Crippen LogP contribution < -0.4 is 0 Å². The molecule has 0 saturated heterocycles. The van der Waals surface area contributed by atoms with Gasteiger partial charge in [-0.3, -0.25) is 0 Å². The molecule has 0 atom stereocenters. The van der Waals surface area contributed by atoms with Crippen molar-refractivity contribution < 1.29 is 17.9 Å². The van der Waals surface area contributed by atoms with Gasteiger partial charge in [0.05, 0.1) is 11.5 Å². The zero-order valence-corrected chi connectivity index (χ0v) is 17.6. The Morgan fingerprint density at radius 1 is 0.963 bits per heavy atom. The maximum absolute atomic E-state index is 12.5. The lowest BCUT2D eigenvalue weighted by molar-refractivity contribution is -0.138. The average molecular weight is 427 g/mol. The summed E-state index contributed by atoms with van der Waals surface area (Å²) < 4.78 is 28.7. The van der Waals surface area contributed by atoms with Crippen molar-refractivity contribution in [3.8, 4) is 0 Å². The Bertz CT molecular complexity index is 957. The third-order valence-electron chi connectivity index (χ3n) is 3.90. The summed E-state index contributed by atoms with van der Waals surface area (Å²) in [6.07, 6.45) is 1.57. The fourth-order valence-electron chi connectivity index (χ4n) is 2.72. The Labute approximate surface area is 169 Å². The van der Waals surface area contributed by atoms with Gasteiger partial charge in [-0.15, -0.1) is 0 Å². The van der Waals surface area contributed by atoms with Gasteiger partial charge in [0.1, 0.15) is 0 Å². The summed E-state index contributed by atoms with van der Waals surface area (Å²) in [5.41, 5.74) is 2.40. The Morgan fingerprint density at radius 3 is 1.96 bits per heavy atom. The molecule has 0 heterocycles. The maximum Gasteiger partial charge on any atom is 0.334 e. The number of benzene rings is 2. The molecule has 144 valence electrons. The van der Waals surface area contributed by atoms with Gasteiger partial charge < -0.3 is 4.74 Å². The third kappa shape index (κ3) is 5.34. The van der Waals surface area contributed by atoms with E-state index in [1.807, 2.05) is 6.92 Å². The van der Waals surface area contributed by atoms with Crippen LogP contribution >= 0.6 is 23.2 Å². The number of hydrogen-bond acceptors (Lipinski definition) is 4. The highest BCUT2D eigenvalue weighted by atomic mass is 35.5. The Balaban J connectivity index is 2.75. The van der Waals surface area contributed by atoms with E-state index in [2.05, 4.69) is 0 Å². The molecule has 0 N–H and O–H groups in total. The first kappa shape index (κ1) is 21.5. The van der Waals surface area contributed by atoms with Gasteiger partial charge in [0.15, 0.2) is 9.84 Å². The molecule has 0 aliphatic heterocycles. The molecule has 27 heavy (non-hydrogen) atoms. The molecule has 0 unspecified atom stereocenters. The fraction of sp³-hybridized carbons (Fsp3) is 0.250. The molecule has 2 aromatic rings. The van der Waals surface area contributed by atoms with E-state index in [0.29, 0.717) is 38.7 Å². The second-order valence-corrected chi connectivity index (χ2v) is 8.77. The topological polar surface area (TPSA) is 60.4 Å². The normalized spacial score (nSPS) is 12.5. The minimum Gasteiger partial charge on any atom is -0.463 e. The Kier molecular flexibility index (Phi) is 7.09. The molecule has 0 aliphatic carbocycles. The van der Waals surface area contributed by atoms with Crippen molar-refractivity contribution in [2.24, 2.45) is 0 Å². The highest BCUT2D eigenvalue weighted by Crippen LogP contribution is 2.33. The van der Waals surface area contributed by atoms with Crippen molar-refractivity contribution in [2.45, 2.75) is 25.2 Å². The van der Waals surface area contributed by atoms with Crippen LogP contribution in [0.2, 0.25) is 10.0 Å². The minimum absolute atomic E-state index is 0.198. The lowest BCUT2D eigenvalue weighted by atomic mass is 9.92. The van der Waals surface area contributed by atoms with E-state index < -0.39 is 15.8 Å². The maximum atomic E-state index is 12.5. The molecule has 0 spiro atoms. The van der Waals surface area contributed by atoms with Crippen LogP contribution in [0.15, 0.2) is 52.9 Å². The van der Waals surface area contributed by atoms with Crippen LogP contribution in [-0.4, -0.2) is 27.2 Å². The predicted molar refractivity (Wildman–Crippen MR) is 109 cm³/mol. The quantitative estimate of drug-likeness (QED) is 0.471. The zero-order chi connectivity index (χ0) is 20.2. The summed E-state index contributed by atoms with van der Waals surface area (Å²) >= 11 is 12.3. The van der Waals surface area contributed by atoms with Crippen LogP contribution in [0.3, 0.4) is 0 Å². The highest BCUT2D eigenvalue weighted by molar-refractivity contribution is 7.90. The minimum atomic E-state index is -3.32. The molecular weight excluding hydrogens is 407 g/mol. The lowest BCUT2D eigenvalue weighted by Crippen LogP contribution is -2.10. The molecular formula is C20H20Cl2O4S. The van der Waals surface area contributed by atoms with Gasteiger partial charge in [-0.25, -0.2) is 13.2 Å². The van der Waals surface area contributed by atoms with Gasteiger partial charge in [-0.2, -0.15) is 0 Å². The Hall–Kier alpha value is -1.82. The third-order valence-corrected chi connectivity index (χ3v) is 5.46. The number of sulfone groups is 1. The van der Waals surface area contributed by atoms with Crippen molar-refractivity contribution in [3.63, 3.8) is 0 Å². The van der Waals surface area contributed by atoms with Gasteiger partial charge in [0, 0.05) is 21.9 Å². The Morgan fingerprint density at radius 2 is 1.52 bits per heavy atom. The second kappa shape index (κ2) is 8.91. The fourth-order valence-corrected chi connectivity index (χ4v) is 3.88. The second-order valence-electron chi connectivity index (χ2n) is 5.88. The van der Waals surface area contributed by atoms with Gasteiger partial charge >= 0.3 is 5.97 Å². The molecule has 7 heteroatoms. The predicted octanol–water partition coefficient (Wildman–Crippen LogP) is 5.17. The molecule has 4 nitrogen and oxygen atoms in total. The lowest BCUT2D eigenvalue weighted by Gasteiger charge is -2.16. The SMILES string of the molecule is CCOC(=O)/C(CC)=C(/c1ccc(S(C)(=O)=O)cc1)c1cc(Cl)cc(Cl)c1. The van der Waals surface area contributed by atoms with E-state index >= 15 is 0 Å². The van der Waals surface area contributed by atoms with E-state index in [4.69, 9.17) is 27.9 Å². The van der Waals surface area contributed by atoms with Crippen LogP contribution in [0, 0.1) is 0 Å². The van der Waals surface area contributed by atoms with E-state index in [9.17, 15) is 13.2 Å². The molecule has 0 amide bonds. The van der Waals surface area contributed by atoms with Gasteiger partial charge in [-0.05, 0) is 60.4 Å². The number of hydrogen-bond donors (Lipinski definition) is 0. The van der Waals surface area contributed by atoms with Crippen LogP contribution in [0.25, 0.3) is 5.57 Å². The van der Waals surface area contributed by atoms with Crippen molar-refractivity contribution >= 4 is 44.6 Å². The first-order valence-corrected chi connectivity index (χ1v) is 11.0. The molecule has 0 fully saturated rings. The molecule has 0 bridgehead atoms. The van der Waals surface area contributed by atoms with Crippen molar-refractivity contribution in [3.05, 3.63) is 69.2 Å². The van der Waals surface area contributed by atoms with Gasteiger partial charge in [0.25, 0.3) is 0 Å². The summed E-state index contributed by atoms with van der Waals surface area (Å²) in [5, 5.41) is 0.865.